The second-order valence-electron chi connectivity index (χ2n) is 2.13. The van der Waals surface area contributed by atoms with Crippen LogP contribution in [0.5, 0.6) is 0 Å². The molecule has 0 saturated carbocycles. The largest absolute Gasteiger partial charge is 0.396 e. The van der Waals surface area contributed by atoms with Crippen LogP contribution in [0, 0.1) is 18.6 Å². The zero-order chi connectivity index (χ0) is 7.72. The summed E-state index contributed by atoms with van der Waals surface area (Å²) in [5, 5.41) is 0. The molecule has 54 valence electrons. The number of aryl methyl sites for hydroxylation is 1. The van der Waals surface area contributed by atoms with Gasteiger partial charge in [-0.05, 0) is 24.6 Å². The molecule has 0 heterocycles. The lowest BCUT2D eigenvalue weighted by Gasteiger charge is -1.98. The van der Waals surface area contributed by atoms with Crippen LogP contribution in [0.15, 0.2) is 12.1 Å². The monoisotopic (exact) mass is 143 g/mol. The zero-order valence-corrected chi connectivity index (χ0v) is 5.49. The summed E-state index contributed by atoms with van der Waals surface area (Å²) in [6, 6.07) is 2.06. The normalized spacial score (nSPS) is 9.90. The fourth-order valence-electron chi connectivity index (χ4n) is 0.751. The van der Waals surface area contributed by atoms with Crippen molar-refractivity contribution in [3.8, 4) is 0 Å². The number of nitrogen functional groups attached to an aromatic ring is 1. The Kier molecular flexibility index (Phi) is 1.57. The maximum atomic E-state index is 12.6. The SMILES string of the molecule is Cc1cc(F)cc(N)c1F. The predicted molar refractivity (Wildman–Crippen MR) is 35.5 cm³/mol. The van der Waals surface area contributed by atoms with Crippen molar-refractivity contribution in [1.82, 2.24) is 0 Å². The molecule has 0 fully saturated rings. The van der Waals surface area contributed by atoms with Crippen molar-refractivity contribution in [1.29, 1.82) is 0 Å². The molecular weight excluding hydrogens is 136 g/mol. The third-order valence-corrected chi connectivity index (χ3v) is 1.25. The van der Waals surface area contributed by atoms with Crippen LogP contribution in [0.1, 0.15) is 5.56 Å². The van der Waals surface area contributed by atoms with E-state index in [0.29, 0.717) is 0 Å². The molecule has 0 saturated heterocycles. The molecule has 0 bridgehead atoms. The molecule has 0 unspecified atom stereocenters. The van der Waals surface area contributed by atoms with Gasteiger partial charge in [0, 0.05) is 0 Å². The van der Waals surface area contributed by atoms with Crippen molar-refractivity contribution in [3.63, 3.8) is 0 Å². The maximum absolute atomic E-state index is 12.6. The van der Waals surface area contributed by atoms with Gasteiger partial charge in [0.2, 0.25) is 0 Å². The highest BCUT2D eigenvalue weighted by Crippen LogP contribution is 2.15. The molecule has 1 aromatic carbocycles. The van der Waals surface area contributed by atoms with Crippen molar-refractivity contribution >= 4 is 5.69 Å². The summed E-state index contributed by atoms with van der Waals surface area (Å²) in [7, 11) is 0. The Labute approximate surface area is 57.5 Å². The fraction of sp³-hybridized carbons (Fsp3) is 0.143. The Morgan fingerprint density at radius 1 is 1.30 bits per heavy atom. The highest BCUT2D eigenvalue weighted by atomic mass is 19.1. The van der Waals surface area contributed by atoms with Gasteiger partial charge in [-0.15, -0.1) is 0 Å². The molecule has 2 N–H and O–H groups in total. The standard InChI is InChI=1S/C7H7F2N/c1-4-2-5(8)3-6(10)7(4)9/h2-3H,10H2,1H3. The third kappa shape index (κ3) is 1.07. The summed E-state index contributed by atoms with van der Waals surface area (Å²) in [4.78, 5) is 0. The van der Waals surface area contributed by atoms with Crippen LogP contribution in [-0.2, 0) is 0 Å². The molecule has 0 aliphatic carbocycles. The molecule has 0 amide bonds. The van der Waals surface area contributed by atoms with Gasteiger partial charge in [-0.3, -0.25) is 0 Å². The molecule has 0 spiro atoms. The van der Waals surface area contributed by atoms with E-state index in [1.165, 1.54) is 6.92 Å². The molecule has 0 aromatic heterocycles. The van der Waals surface area contributed by atoms with E-state index in [1.54, 1.807) is 0 Å². The molecule has 3 heteroatoms. The molecule has 1 rings (SSSR count). The number of benzene rings is 1. The number of hydrogen-bond acceptors (Lipinski definition) is 1. The Hall–Kier alpha value is -1.12. The second-order valence-corrected chi connectivity index (χ2v) is 2.13. The number of halogens is 2. The maximum Gasteiger partial charge on any atom is 0.149 e. The second kappa shape index (κ2) is 2.25. The molecule has 0 radical (unpaired) electrons. The first kappa shape index (κ1) is 6.99. The average Bonchev–Trinajstić information content (AvgIpc) is 1.82. The van der Waals surface area contributed by atoms with Gasteiger partial charge in [0.1, 0.15) is 11.6 Å². The molecule has 0 aliphatic rings. The van der Waals surface area contributed by atoms with E-state index in [-0.39, 0.29) is 11.3 Å². The van der Waals surface area contributed by atoms with Crippen LogP contribution in [0.3, 0.4) is 0 Å². The molecule has 0 aliphatic heterocycles. The summed E-state index contributed by atoms with van der Waals surface area (Å²) in [6.45, 7) is 1.47. The first-order valence-electron chi connectivity index (χ1n) is 2.82. The Morgan fingerprint density at radius 2 is 1.90 bits per heavy atom. The van der Waals surface area contributed by atoms with E-state index in [2.05, 4.69) is 0 Å². The minimum absolute atomic E-state index is 0.141. The fourth-order valence-corrected chi connectivity index (χ4v) is 0.751. The van der Waals surface area contributed by atoms with E-state index in [9.17, 15) is 8.78 Å². The van der Waals surface area contributed by atoms with Crippen LogP contribution in [0.2, 0.25) is 0 Å². The third-order valence-electron chi connectivity index (χ3n) is 1.25. The quantitative estimate of drug-likeness (QED) is 0.551. The van der Waals surface area contributed by atoms with Gasteiger partial charge in [0.25, 0.3) is 0 Å². The van der Waals surface area contributed by atoms with Gasteiger partial charge in [0.05, 0.1) is 5.69 Å². The minimum Gasteiger partial charge on any atom is -0.396 e. The first-order chi connectivity index (χ1) is 4.61. The molecule has 1 nitrogen and oxygen atoms in total. The predicted octanol–water partition coefficient (Wildman–Crippen LogP) is 1.86. The van der Waals surface area contributed by atoms with Gasteiger partial charge < -0.3 is 5.73 Å². The van der Waals surface area contributed by atoms with Gasteiger partial charge in [-0.2, -0.15) is 0 Å². The summed E-state index contributed by atoms with van der Waals surface area (Å²) in [6.07, 6.45) is 0. The number of rotatable bonds is 0. The molecular formula is C7H7F2N. The topological polar surface area (TPSA) is 26.0 Å². The number of anilines is 1. The molecule has 10 heavy (non-hydrogen) atoms. The Bertz CT molecular complexity index is 235. The zero-order valence-electron chi connectivity index (χ0n) is 5.49. The summed E-state index contributed by atoms with van der Waals surface area (Å²) in [5.74, 6) is -1.04. The first-order valence-corrected chi connectivity index (χ1v) is 2.82. The van der Waals surface area contributed by atoms with E-state index in [0.717, 1.165) is 12.1 Å². The lowest BCUT2D eigenvalue weighted by Crippen LogP contribution is -1.94. The Morgan fingerprint density at radius 3 is 2.40 bits per heavy atom. The van der Waals surface area contributed by atoms with E-state index in [1.807, 2.05) is 0 Å². The van der Waals surface area contributed by atoms with E-state index in [4.69, 9.17) is 5.73 Å². The number of nitrogens with two attached hydrogens (primary N) is 1. The van der Waals surface area contributed by atoms with Crippen molar-refractivity contribution in [2.75, 3.05) is 5.73 Å². The lowest BCUT2D eigenvalue weighted by molar-refractivity contribution is 0.597. The van der Waals surface area contributed by atoms with Crippen molar-refractivity contribution < 1.29 is 8.78 Å². The van der Waals surface area contributed by atoms with Crippen LogP contribution < -0.4 is 5.73 Å². The number of hydrogen-bond donors (Lipinski definition) is 1. The van der Waals surface area contributed by atoms with Crippen LogP contribution in [0.25, 0.3) is 0 Å². The molecule has 1 aromatic rings. The van der Waals surface area contributed by atoms with Crippen molar-refractivity contribution in [3.05, 3.63) is 29.3 Å². The lowest BCUT2D eigenvalue weighted by atomic mass is 10.2. The van der Waals surface area contributed by atoms with Crippen LogP contribution in [-0.4, -0.2) is 0 Å². The highest BCUT2D eigenvalue weighted by molar-refractivity contribution is 5.42. The van der Waals surface area contributed by atoms with Gasteiger partial charge in [0.15, 0.2) is 0 Å². The van der Waals surface area contributed by atoms with E-state index >= 15 is 0 Å². The van der Waals surface area contributed by atoms with Gasteiger partial charge in [-0.25, -0.2) is 8.78 Å². The summed E-state index contributed by atoms with van der Waals surface area (Å²) < 4.78 is 25.0. The van der Waals surface area contributed by atoms with Gasteiger partial charge >= 0.3 is 0 Å². The Balaban J connectivity index is 3.31. The summed E-state index contributed by atoms with van der Waals surface area (Å²) >= 11 is 0. The molecule has 0 atom stereocenters. The van der Waals surface area contributed by atoms with E-state index < -0.39 is 11.6 Å². The van der Waals surface area contributed by atoms with Gasteiger partial charge in [-0.1, -0.05) is 0 Å². The average molecular weight is 143 g/mol. The van der Waals surface area contributed by atoms with Crippen molar-refractivity contribution in [2.24, 2.45) is 0 Å². The van der Waals surface area contributed by atoms with Crippen LogP contribution >= 0.6 is 0 Å². The highest BCUT2D eigenvalue weighted by Gasteiger charge is 2.03. The van der Waals surface area contributed by atoms with Crippen LogP contribution in [0.4, 0.5) is 14.5 Å². The summed E-state index contributed by atoms with van der Waals surface area (Å²) in [5.41, 5.74) is 5.20. The smallest absolute Gasteiger partial charge is 0.149 e. The minimum atomic E-state index is -0.540. The van der Waals surface area contributed by atoms with Crippen molar-refractivity contribution in [2.45, 2.75) is 6.92 Å².